The average Bonchev–Trinajstić information content (AvgIpc) is 2.28. The molecule has 1 fully saturated rings. The topological polar surface area (TPSA) is 21.3 Å². The lowest BCUT2D eigenvalue weighted by molar-refractivity contribution is 0.280. The minimum absolute atomic E-state index is 0.612. The summed E-state index contributed by atoms with van der Waals surface area (Å²) in [5, 5.41) is 3.66. The van der Waals surface area contributed by atoms with Crippen molar-refractivity contribution in [2.45, 2.75) is 46.1 Å². The number of ether oxygens (including phenoxy) is 1. The second-order valence-corrected chi connectivity index (χ2v) is 5.72. The molecule has 18 heavy (non-hydrogen) atoms. The summed E-state index contributed by atoms with van der Waals surface area (Å²) in [5.41, 5.74) is 1.19. The molecule has 1 aliphatic carbocycles. The van der Waals surface area contributed by atoms with E-state index in [4.69, 9.17) is 4.74 Å². The van der Waals surface area contributed by atoms with Crippen LogP contribution in [-0.2, 0) is 0 Å². The summed E-state index contributed by atoms with van der Waals surface area (Å²) in [6.45, 7) is 7.47. The molecule has 0 spiro atoms. The Morgan fingerprint density at radius 1 is 1.17 bits per heavy atom. The highest BCUT2D eigenvalue weighted by molar-refractivity contribution is 5.48. The van der Waals surface area contributed by atoms with Gasteiger partial charge in [-0.15, -0.1) is 0 Å². The van der Waals surface area contributed by atoms with Crippen LogP contribution < -0.4 is 10.1 Å². The number of anilines is 1. The van der Waals surface area contributed by atoms with Crippen LogP contribution in [0.3, 0.4) is 0 Å². The molecule has 1 saturated carbocycles. The molecule has 0 amide bonds. The lowest BCUT2D eigenvalue weighted by Crippen LogP contribution is -2.30. The number of nitrogens with one attached hydrogen (secondary N) is 1. The first-order valence-electron chi connectivity index (χ1n) is 7.16. The Bertz CT molecular complexity index is 367. The molecule has 1 aromatic carbocycles. The summed E-state index contributed by atoms with van der Waals surface area (Å²) in [6.07, 6.45) is 3.93. The van der Waals surface area contributed by atoms with Crippen LogP contribution in [0, 0.1) is 11.8 Å². The van der Waals surface area contributed by atoms with Crippen molar-refractivity contribution in [3.63, 3.8) is 0 Å². The fraction of sp³-hybridized carbons (Fsp3) is 0.625. The smallest absolute Gasteiger partial charge is 0.121 e. The van der Waals surface area contributed by atoms with Gasteiger partial charge in [0.2, 0.25) is 0 Å². The van der Waals surface area contributed by atoms with Crippen LogP contribution in [0.4, 0.5) is 5.69 Å². The molecule has 0 aliphatic heterocycles. The second-order valence-electron chi connectivity index (χ2n) is 5.72. The number of hydrogen-bond donors (Lipinski definition) is 1. The lowest BCUT2D eigenvalue weighted by Gasteiger charge is -2.32. The van der Waals surface area contributed by atoms with Crippen LogP contribution in [0.2, 0.25) is 0 Å². The fourth-order valence-electron chi connectivity index (χ4n) is 3.14. The van der Waals surface area contributed by atoms with Crippen molar-refractivity contribution in [1.29, 1.82) is 0 Å². The van der Waals surface area contributed by atoms with Crippen LogP contribution >= 0.6 is 0 Å². The molecule has 0 bridgehead atoms. The molecular formula is C16H25NO. The molecule has 2 nitrogen and oxygen atoms in total. The highest BCUT2D eigenvalue weighted by Crippen LogP contribution is 2.31. The normalized spacial score (nSPS) is 27.8. The largest absolute Gasteiger partial charge is 0.494 e. The van der Waals surface area contributed by atoms with Gasteiger partial charge in [-0.2, -0.15) is 0 Å². The zero-order chi connectivity index (χ0) is 13.0. The predicted octanol–water partition coefficient (Wildman–Crippen LogP) is 4.32. The Balaban J connectivity index is 1.97. The molecular weight excluding hydrogens is 222 g/mol. The van der Waals surface area contributed by atoms with Crippen molar-refractivity contribution < 1.29 is 4.74 Å². The van der Waals surface area contributed by atoms with E-state index in [1.807, 2.05) is 13.0 Å². The molecule has 2 heteroatoms. The predicted molar refractivity (Wildman–Crippen MR) is 77.2 cm³/mol. The third kappa shape index (κ3) is 3.66. The molecule has 2 atom stereocenters. The minimum atomic E-state index is 0.612. The van der Waals surface area contributed by atoms with E-state index in [2.05, 4.69) is 37.4 Å². The minimum Gasteiger partial charge on any atom is -0.494 e. The van der Waals surface area contributed by atoms with Gasteiger partial charge in [0.15, 0.2) is 0 Å². The molecule has 1 aliphatic rings. The maximum Gasteiger partial charge on any atom is 0.121 e. The van der Waals surface area contributed by atoms with Crippen molar-refractivity contribution in [3.05, 3.63) is 24.3 Å². The quantitative estimate of drug-likeness (QED) is 0.855. The van der Waals surface area contributed by atoms with Gasteiger partial charge in [-0.1, -0.05) is 19.9 Å². The second kappa shape index (κ2) is 6.12. The summed E-state index contributed by atoms with van der Waals surface area (Å²) in [5.74, 6) is 2.63. The Kier molecular flexibility index (Phi) is 4.51. The van der Waals surface area contributed by atoms with Gasteiger partial charge in [-0.3, -0.25) is 0 Å². The third-order valence-corrected chi connectivity index (χ3v) is 3.69. The molecule has 0 radical (unpaired) electrons. The van der Waals surface area contributed by atoms with Gasteiger partial charge in [0, 0.05) is 17.8 Å². The number of rotatable bonds is 4. The van der Waals surface area contributed by atoms with Gasteiger partial charge in [0.25, 0.3) is 0 Å². The van der Waals surface area contributed by atoms with E-state index in [1.165, 1.54) is 24.9 Å². The van der Waals surface area contributed by atoms with Gasteiger partial charge < -0.3 is 10.1 Å². The van der Waals surface area contributed by atoms with Crippen molar-refractivity contribution >= 4 is 5.69 Å². The number of benzene rings is 1. The number of hydrogen-bond acceptors (Lipinski definition) is 2. The highest BCUT2D eigenvalue weighted by atomic mass is 16.5. The van der Waals surface area contributed by atoms with E-state index in [-0.39, 0.29) is 0 Å². The van der Waals surface area contributed by atoms with Crippen LogP contribution in [0.5, 0.6) is 5.75 Å². The van der Waals surface area contributed by atoms with E-state index in [0.717, 1.165) is 24.2 Å². The molecule has 2 unspecified atom stereocenters. The molecule has 100 valence electrons. The zero-order valence-electron chi connectivity index (χ0n) is 11.8. The van der Waals surface area contributed by atoms with E-state index in [1.54, 1.807) is 0 Å². The van der Waals surface area contributed by atoms with Crippen LogP contribution in [-0.4, -0.2) is 12.6 Å². The van der Waals surface area contributed by atoms with Crippen molar-refractivity contribution in [2.24, 2.45) is 11.8 Å². The maximum atomic E-state index is 5.54. The van der Waals surface area contributed by atoms with Gasteiger partial charge in [-0.05, 0) is 50.2 Å². The Morgan fingerprint density at radius 2 is 1.89 bits per heavy atom. The monoisotopic (exact) mass is 247 g/mol. The first kappa shape index (κ1) is 13.3. The molecule has 1 N–H and O–H groups in total. The molecule has 0 saturated heterocycles. The molecule has 0 aromatic heterocycles. The van der Waals surface area contributed by atoms with E-state index in [0.29, 0.717) is 6.04 Å². The first-order chi connectivity index (χ1) is 8.67. The van der Waals surface area contributed by atoms with E-state index >= 15 is 0 Å². The van der Waals surface area contributed by atoms with E-state index in [9.17, 15) is 0 Å². The van der Waals surface area contributed by atoms with E-state index < -0.39 is 0 Å². The average molecular weight is 247 g/mol. The molecule has 0 heterocycles. The Morgan fingerprint density at radius 3 is 2.56 bits per heavy atom. The van der Waals surface area contributed by atoms with Gasteiger partial charge in [0.1, 0.15) is 5.75 Å². The fourth-order valence-corrected chi connectivity index (χ4v) is 3.14. The highest BCUT2D eigenvalue weighted by Gasteiger charge is 2.23. The molecule has 2 rings (SSSR count). The lowest BCUT2D eigenvalue weighted by atomic mass is 9.80. The summed E-state index contributed by atoms with van der Waals surface area (Å²) in [7, 11) is 0. The SMILES string of the molecule is CCOc1cccc(NC2CC(C)CC(C)C2)c1. The van der Waals surface area contributed by atoms with Crippen LogP contribution in [0.15, 0.2) is 24.3 Å². The van der Waals surface area contributed by atoms with Crippen LogP contribution in [0.25, 0.3) is 0 Å². The van der Waals surface area contributed by atoms with Crippen molar-refractivity contribution in [1.82, 2.24) is 0 Å². The first-order valence-corrected chi connectivity index (χ1v) is 7.16. The molecule has 1 aromatic rings. The van der Waals surface area contributed by atoms with Gasteiger partial charge in [-0.25, -0.2) is 0 Å². The Labute approximate surface area is 111 Å². The summed E-state index contributed by atoms with van der Waals surface area (Å²) < 4.78 is 5.54. The summed E-state index contributed by atoms with van der Waals surface area (Å²) in [4.78, 5) is 0. The van der Waals surface area contributed by atoms with Crippen molar-refractivity contribution in [2.75, 3.05) is 11.9 Å². The summed E-state index contributed by atoms with van der Waals surface area (Å²) >= 11 is 0. The van der Waals surface area contributed by atoms with Crippen molar-refractivity contribution in [3.8, 4) is 5.75 Å². The van der Waals surface area contributed by atoms with Gasteiger partial charge in [0.05, 0.1) is 6.61 Å². The van der Waals surface area contributed by atoms with Gasteiger partial charge >= 0.3 is 0 Å². The van der Waals surface area contributed by atoms with Crippen LogP contribution in [0.1, 0.15) is 40.0 Å². The Hall–Kier alpha value is -1.18. The zero-order valence-corrected chi connectivity index (χ0v) is 11.8. The maximum absolute atomic E-state index is 5.54. The standard InChI is InChI=1S/C16H25NO/c1-4-18-16-7-5-6-14(11-16)17-15-9-12(2)8-13(3)10-15/h5-7,11-13,15,17H,4,8-10H2,1-3H3. The third-order valence-electron chi connectivity index (χ3n) is 3.69. The summed E-state index contributed by atoms with van der Waals surface area (Å²) in [6, 6.07) is 8.92.